The Hall–Kier alpha value is -0.260. The van der Waals surface area contributed by atoms with Gasteiger partial charge in [0.15, 0.2) is 0 Å². The van der Waals surface area contributed by atoms with Crippen LogP contribution in [0.3, 0.4) is 0 Å². The molecule has 0 aromatic heterocycles. The highest BCUT2D eigenvalue weighted by Gasteiger charge is 2.42. The molecule has 1 aliphatic carbocycles. The van der Waals surface area contributed by atoms with Crippen LogP contribution in [0.4, 0.5) is 0 Å². The van der Waals surface area contributed by atoms with Crippen molar-refractivity contribution in [1.82, 2.24) is 0 Å². The average molecular weight is 152 g/mol. The first-order chi connectivity index (χ1) is 5.04. The molecule has 0 aliphatic heterocycles. The summed E-state index contributed by atoms with van der Waals surface area (Å²) in [6.45, 7) is 11.6. The van der Waals surface area contributed by atoms with Crippen molar-refractivity contribution < 1.29 is 0 Å². The summed E-state index contributed by atoms with van der Waals surface area (Å²) in [5.74, 6) is 1.61. The standard InChI is InChI=1S/C11H20/c1-6-11(8(2)3)7-9(4)10(11)5/h7-8,10H,6H2,1-5H3. The molecule has 0 saturated carbocycles. The van der Waals surface area contributed by atoms with E-state index in [1.165, 1.54) is 6.42 Å². The predicted octanol–water partition coefficient (Wildman–Crippen LogP) is 3.63. The van der Waals surface area contributed by atoms with E-state index in [4.69, 9.17) is 0 Å². The molecule has 0 heteroatoms. The van der Waals surface area contributed by atoms with Gasteiger partial charge in [0.2, 0.25) is 0 Å². The second-order valence-corrected chi connectivity index (χ2v) is 4.23. The molecule has 0 fully saturated rings. The zero-order valence-electron chi connectivity index (χ0n) is 8.44. The molecular weight excluding hydrogens is 132 g/mol. The number of hydrogen-bond donors (Lipinski definition) is 0. The summed E-state index contributed by atoms with van der Waals surface area (Å²) >= 11 is 0. The minimum atomic E-state index is 0.532. The molecule has 0 spiro atoms. The summed E-state index contributed by atoms with van der Waals surface area (Å²) in [5, 5.41) is 0. The van der Waals surface area contributed by atoms with E-state index in [0.29, 0.717) is 5.41 Å². The first-order valence-corrected chi connectivity index (χ1v) is 4.74. The molecule has 0 bridgehead atoms. The van der Waals surface area contributed by atoms with Crippen molar-refractivity contribution >= 4 is 0 Å². The van der Waals surface area contributed by atoms with Gasteiger partial charge >= 0.3 is 0 Å². The van der Waals surface area contributed by atoms with E-state index in [1.807, 2.05) is 0 Å². The molecule has 2 unspecified atom stereocenters. The van der Waals surface area contributed by atoms with E-state index in [2.05, 4.69) is 40.7 Å². The lowest BCUT2D eigenvalue weighted by atomic mass is 9.56. The summed E-state index contributed by atoms with van der Waals surface area (Å²) in [6.07, 6.45) is 3.77. The van der Waals surface area contributed by atoms with Crippen molar-refractivity contribution in [3.8, 4) is 0 Å². The van der Waals surface area contributed by atoms with Gasteiger partial charge in [-0.25, -0.2) is 0 Å². The first-order valence-electron chi connectivity index (χ1n) is 4.74. The third-order valence-electron chi connectivity index (χ3n) is 3.67. The van der Waals surface area contributed by atoms with Crippen LogP contribution in [0.1, 0.15) is 41.0 Å². The minimum Gasteiger partial charge on any atom is -0.0782 e. The van der Waals surface area contributed by atoms with Crippen LogP contribution in [0, 0.1) is 17.3 Å². The lowest BCUT2D eigenvalue weighted by Crippen LogP contribution is -2.39. The molecule has 0 nitrogen and oxygen atoms in total. The smallest absolute Gasteiger partial charge is 0.00326 e. The monoisotopic (exact) mass is 152 g/mol. The van der Waals surface area contributed by atoms with E-state index < -0.39 is 0 Å². The molecule has 0 aromatic rings. The van der Waals surface area contributed by atoms with Gasteiger partial charge in [0.1, 0.15) is 0 Å². The quantitative estimate of drug-likeness (QED) is 0.530. The average Bonchev–Trinajstić information content (AvgIpc) is 1.98. The summed E-state index contributed by atoms with van der Waals surface area (Å²) in [7, 11) is 0. The summed E-state index contributed by atoms with van der Waals surface area (Å²) in [5.41, 5.74) is 2.12. The van der Waals surface area contributed by atoms with Crippen LogP contribution in [0.2, 0.25) is 0 Å². The van der Waals surface area contributed by atoms with Gasteiger partial charge in [-0.3, -0.25) is 0 Å². The Morgan fingerprint density at radius 3 is 2.18 bits per heavy atom. The van der Waals surface area contributed by atoms with Gasteiger partial charge < -0.3 is 0 Å². The fourth-order valence-corrected chi connectivity index (χ4v) is 2.48. The zero-order chi connectivity index (χ0) is 8.65. The van der Waals surface area contributed by atoms with Crippen molar-refractivity contribution in [3.05, 3.63) is 11.6 Å². The van der Waals surface area contributed by atoms with Gasteiger partial charge in [0.05, 0.1) is 0 Å². The summed E-state index contributed by atoms with van der Waals surface area (Å²) in [6, 6.07) is 0. The molecule has 0 amide bonds. The number of allylic oxidation sites excluding steroid dienone is 2. The Kier molecular flexibility index (Phi) is 2.13. The highest BCUT2D eigenvalue weighted by molar-refractivity contribution is 5.26. The molecule has 0 heterocycles. The fraction of sp³-hybridized carbons (Fsp3) is 0.818. The van der Waals surface area contributed by atoms with E-state index >= 15 is 0 Å². The lowest BCUT2D eigenvalue weighted by Gasteiger charge is -2.48. The van der Waals surface area contributed by atoms with Gasteiger partial charge in [-0.15, -0.1) is 0 Å². The maximum atomic E-state index is 2.47. The molecule has 0 radical (unpaired) electrons. The Morgan fingerprint density at radius 1 is 1.55 bits per heavy atom. The summed E-state index contributed by atoms with van der Waals surface area (Å²) in [4.78, 5) is 0. The Morgan fingerprint density at radius 2 is 2.09 bits per heavy atom. The summed E-state index contributed by atoms with van der Waals surface area (Å²) < 4.78 is 0. The van der Waals surface area contributed by atoms with Crippen molar-refractivity contribution in [2.24, 2.45) is 17.3 Å². The van der Waals surface area contributed by atoms with Crippen LogP contribution in [0.15, 0.2) is 11.6 Å². The first kappa shape index (κ1) is 8.83. The van der Waals surface area contributed by atoms with Crippen molar-refractivity contribution in [2.45, 2.75) is 41.0 Å². The van der Waals surface area contributed by atoms with Crippen LogP contribution in [0.5, 0.6) is 0 Å². The van der Waals surface area contributed by atoms with E-state index in [1.54, 1.807) is 5.57 Å². The van der Waals surface area contributed by atoms with Gasteiger partial charge in [0.25, 0.3) is 0 Å². The van der Waals surface area contributed by atoms with Crippen LogP contribution >= 0.6 is 0 Å². The molecule has 0 saturated heterocycles. The van der Waals surface area contributed by atoms with E-state index in [9.17, 15) is 0 Å². The minimum absolute atomic E-state index is 0.532. The van der Waals surface area contributed by atoms with Crippen molar-refractivity contribution in [2.75, 3.05) is 0 Å². The maximum Gasteiger partial charge on any atom is -0.00326 e. The molecule has 11 heavy (non-hydrogen) atoms. The van der Waals surface area contributed by atoms with Crippen molar-refractivity contribution in [3.63, 3.8) is 0 Å². The molecule has 0 aromatic carbocycles. The molecule has 64 valence electrons. The van der Waals surface area contributed by atoms with Gasteiger partial charge in [-0.2, -0.15) is 0 Å². The second-order valence-electron chi connectivity index (χ2n) is 4.23. The van der Waals surface area contributed by atoms with Gasteiger partial charge in [-0.05, 0) is 30.6 Å². The second kappa shape index (κ2) is 2.66. The fourth-order valence-electron chi connectivity index (χ4n) is 2.48. The lowest BCUT2D eigenvalue weighted by molar-refractivity contribution is 0.145. The number of rotatable bonds is 2. The molecular formula is C11H20. The normalized spacial score (nSPS) is 36.9. The molecule has 1 aliphatic rings. The number of hydrogen-bond acceptors (Lipinski definition) is 0. The van der Waals surface area contributed by atoms with Crippen LogP contribution in [-0.4, -0.2) is 0 Å². The van der Waals surface area contributed by atoms with Gasteiger partial charge in [-0.1, -0.05) is 39.3 Å². The molecule has 2 atom stereocenters. The Labute approximate surface area is 70.7 Å². The predicted molar refractivity (Wildman–Crippen MR) is 50.5 cm³/mol. The van der Waals surface area contributed by atoms with Crippen molar-refractivity contribution in [1.29, 1.82) is 0 Å². The molecule has 0 N–H and O–H groups in total. The van der Waals surface area contributed by atoms with Crippen LogP contribution in [0.25, 0.3) is 0 Å². The van der Waals surface area contributed by atoms with E-state index in [-0.39, 0.29) is 0 Å². The van der Waals surface area contributed by atoms with Gasteiger partial charge in [0, 0.05) is 0 Å². The third-order valence-corrected chi connectivity index (χ3v) is 3.67. The SMILES string of the molecule is CCC1(C(C)C)C=C(C)C1C. The zero-order valence-corrected chi connectivity index (χ0v) is 8.44. The molecule has 1 rings (SSSR count). The Bertz CT molecular complexity index is 176. The third kappa shape index (κ3) is 1.04. The maximum absolute atomic E-state index is 2.47. The topological polar surface area (TPSA) is 0 Å². The van der Waals surface area contributed by atoms with Crippen LogP contribution < -0.4 is 0 Å². The van der Waals surface area contributed by atoms with E-state index in [0.717, 1.165) is 11.8 Å². The van der Waals surface area contributed by atoms with Crippen LogP contribution in [-0.2, 0) is 0 Å². The Balaban J connectivity index is 2.83. The highest BCUT2D eigenvalue weighted by Crippen LogP contribution is 2.51. The highest BCUT2D eigenvalue weighted by atomic mass is 14.5. The largest absolute Gasteiger partial charge is 0.0782 e.